The normalized spacial score (nSPS) is 8.00. The van der Waals surface area contributed by atoms with Crippen molar-refractivity contribution in [2.75, 3.05) is 0 Å². The minimum absolute atomic E-state index is 0. The number of aromatic nitrogens is 2. The number of amides is 1. The van der Waals surface area contributed by atoms with E-state index < -0.39 is 5.91 Å². The van der Waals surface area contributed by atoms with E-state index in [0.717, 1.165) is 6.39 Å². The van der Waals surface area contributed by atoms with Gasteiger partial charge in [0.15, 0.2) is 0 Å². The van der Waals surface area contributed by atoms with Gasteiger partial charge in [0.2, 0.25) is 6.39 Å². The molecule has 2 N–H and O–H groups in total. The highest BCUT2D eigenvalue weighted by molar-refractivity contribution is 8.93. The van der Waals surface area contributed by atoms with Gasteiger partial charge in [0.05, 0.1) is 0 Å². The Hall–Kier alpha value is -0.910. The highest BCUT2D eigenvalue weighted by atomic mass is 79.9. The van der Waals surface area contributed by atoms with Crippen LogP contribution in [0.25, 0.3) is 0 Å². The minimum atomic E-state index is -0.706. The third-order valence-corrected chi connectivity index (χ3v) is 0.571. The van der Waals surface area contributed by atoms with Crippen molar-refractivity contribution < 1.29 is 9.21 Å². The number of primary amides is 1. The first-order chi connectivity index (χ1) is 3.80. The Morgan fingerprint density at radius 1 is 1.78 bits per heavy atom. The van der Waals surface area contributed by atoms with Crippen LogP contribution >= 0.6 is 17.0 Å². The average molecular weight is 194 g/mol. The van der Waals surface area contributed by atoms with E-state index in [4.69, 9.17) is 5.73 Å². The van der Waals surface area contributed by atoms with Crippen molar-refractivity contribution in [3.8, 4) is 0 Å². The molecule has 5 nitrogen and oxygen atoms in total. The van der Waals surface area contributed by atoms with Crippen LogP contribution in [0.1, 0.15) is 10.7 Å². The molecular weight excluding hydrogens is 190 g/mol. The van der Waals surface area contributed by atoms with Gasteiger partial charge in [-0.05, 0) is 0 Å². The van der Waals surface area contributed by atoms with E-state index in [1.807, 2.05) is 0 Å². The molecule has 0 radical (unpaired) electrons. The zero-order valence-electron chi connectivity index (χ0n) is 4.27. The molecule has 0 bridgehead atoms. The fourth-order valence-corrected chi connectivity index (χ4v) is 0.280. The van der Waals surface area contributed by atoms with Crippen LogP contribution in [0.3, 0.4) is 0 Å². The lowest BCUT2D eigenvalue weighted by molar-refractivity contribution is 0.0967. The lowest BCUT2D eigenvalue weighted by Crippen LogP contribution is -2.10. The molecule has 1 heterocycles. The molecule has 0 saturated heterocycles. The van der Waals surface area contributed by atoms with Crippen molar-refractivity contribution in [2.45, 2.75) is 0 Å². The molecule has 0 saturated carbocycles. The maximum Gasteiger partial charge on any atom is 0.306 e. The number of hydrogen-bond acceptors (Lipinski definition) is 4. The fraction of sp³-hybridized carbons (Fsp3) is 0. The highest BCUT2D eigenvalue weighted by Gasteiger charge is 2.02. The zero-order valence-corrected chi connectivity index (χ0v) is 5.99. The van der Waals surface area contributed by atoms with Gasteiger partial charge in [-0.2, -0.15) is 0 Å². The summed E-state index contributed by atoms with van der Waals surface area (Å²) in [7, 11) is 0. The van der Waals surface area contributed by atoms with Crippen molar-refractivity contribution in [3.63, 3.8) is 0 Å². The van der Waals surface area contributed by atoms with Crippen LogP contribution in [-0.2, 0) is 0 Å². The summed E-state index contributed by atoms with van der Waals surface area (Å²) < 4.78 is 4.40. The van der Waals surface area contributed by atoms with Crippen LogP contribution in [0.4, 0.5) is 0 Å². The van der Waals surface area contributed by atoms with Crippen LogP contribution in [0.2, 0.25) is 0 Å². The maximum atomic E-state index is 10.1. The van der Waals surface area contributed by atoms with E-state index in [9.17, 15) is 4.79 Å². The number of rotatable bonds is 1. The summed E-state index contributed by atoms with van der Waals surface area (Å²) in [4.78, 5) is 10.1. The second-order valence-corrected chi connectivity index (χ2v) is 1.11. The van der Waals surface area contributed by atoms with Gasteiger partial charge in [0.1, 0.15) is 0 Å². The molecule has 0 aliphatic carbocycles. The Morgan fingerprint density at radius 2 is 2.44 bits per heavy atom. The van der Waals surface area contributed by atoms with Gasteiger partial charge < -0.3 is 10.2 Å². The molecule has 1 amide bonds. The lowest BCUT2D eigenvalue weighted by atomic mass is 10.6. The summed E-state index contributed by atoms with van der Waals surface area (Å²) in [5.74, 6) is -0.868. The number of carbonyl (C=O) groups excluding carboxylic acids is 1. The molecule has 1 aromatic heterocycles. The molecule has 9 heavy (non-hydrogen) atoms. The van der Waals surface area contributed by atoms with Gasteiger partial charge in [-0.25, -0.2) is 0 Å². The first-order valence-electron chi connectivity index (χ1n) is 1.86. The standard InChI is InChI=1S/C3H3N3O2.BrH/c4-2(7)3-6-5-1-8-3;/h1H,(H2,4,7);1H. The van der Waals surface area contributed by atoms with Gasteiger partial charge >= 0.3 is 11.8 Å². The van der Waals surface area contributed by atoms with Crippen molar-refractivity contribution >= 4 is 22.9 Å². The topological polar surface area (TPSA) is 82.0 Å². The van der Waals surface area contributed by atoms with Crippen LogP contribution < -0.4 is 5.73 Å². The number of nitrogens with two attached hydrogens (primary N) is 1. The molecule has 1 aromatic rings. The Labute approximate surface area is 61.0 Å². The largest absolute Gasteiger partial charge is 0.420 e. The zero-order chi connectivity index (χ0) is 5.98. The first-order valence-corrected chi connectivity index (χ1v) is 1.86. The summed E-state index contributed by atoms with van der Waals surface area (Å²) in [5, 5.41) is 6.45. The summed E-state index contributed by atoms with van der Waals surface area (Å²) in [6, 6.07) is 0. The third kappa shape index (κ3) is 1.80. The Bertz CT molecular complexity index is 185. The Morgan fingerprint density at radius 3 is 2.67 bits per heavy atom. The smallest absolute Gasteiger partial charge is 0.306 e. The molecule has 0 aliphatic heterocycles. The minimum Gasteiger partial charge on any atom is -0.420 e. The van der Waals surface area contributed by atoms with Crippen molar-refractivity contribution in [1.29, 1.82) is 0 Å². The van der Waals surface area contributed by atoms with Crippen molar-refractivity contribution in [3.05, 3.63) is 12.3 Å². The molecule has 0 spiro atoms. The number of carbonyl (C=O) groups is 1. The van der Waals surface area contributed by atoms with Gasteiger partial charge in [0.25, 0.3) is 0 Å². The fourth-order valence-electron chi connectivity index (χ4n) is 0.280. The van der Waals surface area contributed by atoms with E-state index in [-0.39, 0.29) is 22.9 Å². The van der Waals surface area contributed by atoms with E-state index in [0.29, 0.717) is 0 Å². The summed E-state index contributed by atoms with van der Waals surface area (Å²) in [6.45, 7) is 0. The molecule has 6 heteroatoms. The quantitative estimate of drug-likeness (QED) is 0.667. The van der Waals surface area contributed by atoms with E-state index in [2.05, 4.69) is 14.6 Å². The molecule has 1 rings (SSSR count). The molecule has 50 valence electrons. The number of nitrogens with zero attached hydrogens (tertiary/aromatic N) is 2. The average Bonchev–Trinajstić information content (AvgIpc) is 2.12. The van der Waals surface area contributed by atoms with E-state index >= 15 is 0 Å². The van der Waals surface area contributed by atoms with E-state index in [1.54, 1.807) is 0 Å². The molecule has 0 atom stereocenters. The predicted octanol–water partition coefficient (Wildman–Crippen LogP) is -0.254. The lowest BCUT2D eigenvalue weighted by Gasteiger charge is -1.76. The Kier molecular flexibility index (Phi) is 2.86. The van der Waals surface area contributed by atoms with Gasteiger partial charge in [0, 0.05) is 0 Å². The third-order valence-electron chi connectivity index (χ3n) is 0.571. The molecule has 0 unspecified atom stereocenters. The SMILES string of the molecule is Br.NC(=O)c1nnco1. The molecule has 0 aromatic carbocycles. The second-order valence-electron chi connectivity index (χ2n) is 1.11. The summed E-state index contributed by atoms with van der Waals surface area (Å²) in [6.07, 6.45) is 1.04. The van der Waals surface area contributed by atoms with Crippen molar-refractivity contribution in [2.24, 2.45) is 5.73 Å². The summed E-state index contributed by atoms with van der Waals surface area (Å²) in [5.41, 5.74) is 4.72. The highest BCUT2D eigenvalue weighted by Crippen LogP contribution is 1.85. The molecule has 0 aliphatic rings. The van der Waals surface area contributed by atoms with Crippen LogP contribution in [-0.4, -0.2) is 16.1 Å². The molecule has 0 fully saturated rings. The van der Waals surface area contributed by atoms with Crippen LogP contribution in [0.5, 0.6) is 0 Å². The second kappa shape index (κ2) is 3.18. The predicted molar refractivity (Wildman–Crippen MR) is 33.1 cm³/mol. The molecular formula is C3H4BrN3O2. The number of hydrogen-bond donors (Lipinski definition) is 1. The maximum absolute atomic E-state index is 10.1. The van der Waals surface area contributed by atoms with Crippen molar-refractivity contribution in [1.82, 2.24) is 10.2 Å². The van der Waals surface area contributed by atoms with Gasteiger partial charge in [-0.15, -0.1) is 27.2 Å². The monoisotopic (exact) mass is 193 g/mol. The van der Waals surface area contributed by atoms with Gasteiger partial charge in [-0.1, -0.05) is 0 Å². The van der Waals surface area contributed by atoms with Crippen LogP contribution in [0, 0.1) is 0 Å². The van der Waals surface area contributed by atoms with Gasteiger partial charge in [-0.3, -0.25) is 4.79 Å². The van der Waals surface area contributed by atoms with Crippen LogP contribution in [0.15, 0.2) is 10.8 Å². The Balaban J connectivity index is 0.000000640. The summed E-state index contributed by atoms with van der Waals surface area (Å²) >= 11 is 0. The first kappa shape index (κ1) is 8.09. The number of halogens is 1. The van der Waals surface area contributed by atoms with E-state index in [1.165, 1.54) is 0 Å².